The Labute approximate surface area is 124 Å². The van der Waals surface area contributed by atoms with Crippen LogP contribution < -0.4 is 10.1 Å². The van der Waals surface area contributed by atoms with Crippen molar-refractivity contribution in [3.05, 3.63) is 65.5 Å². The standard InChI is InChI=1S/C17H17FN2O/c1-13(16-4-2-3-5-17(16)18)20-12-14-6-8-15(9-7-14)21-11-10-19/h2-9,13,20H,11-12H2,1H3. The van der Waals surface area contributed by atoms with Crippen LogP contribution in [0.25, 0.3) is 0 Å². The van der Waals surface area contributed by atoms with E-state index in [4.69, 9.17) is 10.00 Å². The number of hydrogen-bond donors (Lipinski definition) is 1. The maximum absolute atomic E-state index is 13.7. The Kier molecular flexibility index (Phi) is 5.30. The highest BCUT2D eigenvalue weighted by Gasteiger charge is 2.09. The minimum Gasteiger partial charge on any atom is -0.479 e. The maximum atomic E-state index is 13.7. The first-order valence-electron chi connectivity index (χ1n) is 6.77. The number of hydrogen-bond acceptors (Lipinski definition) is 3. The lowest BCUT2D eigenvalue weighted by Gasteiger charge is -2.15. The smallest absolute Gasteiger partial charge is 0.174 e. The number of nitriles is 1. The Hall–Kier alpha value is -2.38. The van der Waals surface area contributed by atoms with E-state index < -0.39 is 0 Å². The second kappa shape index (κ2) is 7.41. The fraction of sp³-hybridized carbons (Fsp3) is 0.235. The van der Waals surface area contributed by atoms with Crippen LogP contribution in [0.3, 0.4) is 0 Å². The Morgan fingerprint density at radius 2 is 1.90 bits per heavy atom. The van der Waals surface area contributed by atoms with Crippen LogP contribution in [-0.2, 0) is 6.54 Å². The van der Waals surface area contributed by atoms with Gasteiger partial charge in [0.1, 0.15) is 17.6 Å². The zero-order valence-electron chi connectivity index (χ0n) is 11.8. The summed E-state index contributed by atoms with van der Waals surface area (Å²) < 4.78 is 18.8. The molecule has 3 nitrogen and oxygen atoms in total. The average molecular weight is 284 g/mol. The summed E-state index contributed by atoms with van der Waals surface area (Å²) in [5, 5.41) is 11.7. The molecule has 0 aliphatic rings. The van der Waals surface area contributed by atoms with E-state index in [2.05, 4.69) is 5.32 Å². The van der Waals surface area contributed by atoms with Crippen LogP contribution in [-0.4, -0.2) is 6.61 Å². The molecule has 0 spiro atoms. The SMILES string of the molecule is CC(NCc1ccc(OCC#N)cc1)c1ccccc1F. The van der Waals surface area contributed by atoms with E-state index in [1.807, 2.05) is 43.3 Å². The third-order valence-corrected chi connectivity index (χ3v) is 3.21. The first kappa shape index (κ1) is 15.0. The van der Waals surface area contributed by atoms with E-state index in [0.29, 0.717) is 17.9 Å². The lowest BCUT2D eigenvalue weighted by Crippen LogP contribution is -2.19. The summed E-state index contributed by atoms with van der Waals surface area (Å²) in [5.74, 6) is 0.472. The number of rotatable bonds is 6. The van der Waals surface area contributed by atoms with Crippen molar-refractivity contribution in [1.29, 1.82) is 5.26 Å². The van der Waals surface area contributed by atoms with Gasteiger partial charge >= 0.3 is 0 Å². The Bertz CT molecular complexity index is 619. The summed E-state index contributed by atoms with van der Waals surface area (Å²) in [7, 11) is 0. The molecule has 1 atom stereocenters. The predicted molar refractivity (Wildman–Crippen MR) is 79.2 cm³/mol. The molecule has 0 aromatic heterocycles. The lowest BCUT2D eigenvalue weighted by molar-refractivity contribution is 0.368. The Morgan fingerprint density at radius 1 is 1.19 bits per heavy atom. The molecule has 0 aliphatic carbocycles. The zero-order chi connectivity index (χ0) is 15.1. The van der Waals surface area contributed by atoms with Gasteiger partial charge in [-0.25, -0.2) is 4.39 Å². The van der Waals surface area contributed by atoms with Gasteiger partial charge in [-0.1, -0.05) is 30.3 Å². The molecular weight excluding hydrogens is 267 g/mol. The van der Waals surface area contributed by atoms with E-state index >= 15 is 0 Å². The quantitative estimate of drug-likeness (QED) is 0.882. The molecule has 0 bridgehead atoms. The normalized spacial score (nSPS) is 11.7. The molecule has 108 valence electrons. The van der Waals surface area contributed by atoms with Crippen molar-refractivity contribution in [3.63, 3.8) is 0 Å². The number of nitrogens with zero attached hydrogens (tertiary/aromatic N) is 1. The van der Waals surface area contributed by atoms with E-state index in [1.54, 1.807) is 12.1 Å². The number of ether oxygens (including phenoxy) is 1. The van der Waals surface area contributed by atoms with Gasteiger partial charge in [0.15, 0.2) is 6.61 Å². The van der Waals surface area contributed by atoms with Crippen LogP contribution >= 0.6 is 0 Å². The van der Waals surface area contributed by atoms with E-state index in [0.717, 1.165) is 5.56 Å². The third-order valence-electron chi connectivity index (χ3n) is 3.21. The van der Waals surface area contributed by atoms with Crippen molar-refractivity contribution in [1.82, 2.24) is 5.32 Å². The molecule has 21 heavy (non-hydrogen) atoms. The van der Waals surface area contributed by atoms with E-state index in [1.165, 1.54) is 6.07 Å². The molecule has 1 N–H and O–H groups in total. The molecule has 0 heterocycles. The summed E-state index contributed by atoms with van der Waals surface area (Å²) in [5.41, 5.74) is 1.73. The van der Waals surface area contributed by atoms with Gasteiger partial charge in [0.05, 0.1) is 0 Å². The molecule has 2 rings (SSSR count). The fourth-order valence-corrected chi connectivity index (χ4v) is 2.03. The molecule has 0 saturated heterocycles. The number of nitrogens with one attached hydrogen (secondary N) is 1. The van der Waals surface area contributed by atoms with Crippen LogP contribution in [0.5, 0.6) is 5.75 Å². The molecule has 1 unspecified atom stereocenters. The molecule has 0 fully saturated rings. The minimum absolute atomic E-state index is 0.0436. The van der Waals surface area contributed by atoms with Crippen LogP contribution in [0.4, 0.5) is 4.39 Å². The monoisotopic (exact) mass is 284 g/mol. The topological polar surface area (TPSA) is 45.0 Å². The first-order valence-corrected chi connectivity index (χ1v) is 6.77. The van der Waals surface area contributed by atoms with Crippen molar-refractivity contribution < 1.29 is 9.13 Å². The van der Waals surface area contributed by atoms with Crippen LogP contribution in [0.15, 0.2) is 48.5 Å². The average Bonchev–Trinajstić information content (AvgIpc) is 2.52. The summed E-state index contributed by atoms with van der Waals surface area (Å²) in [6.45, 7) is 2.61. The molecule has 0 amide bonds. The molecule has 4 heteroatoms. The summed E-state index contributed by atoms with van der Waals surface area (Å²) >= 11 is 0. The fourth-order valence-electron chi connectivity index (χ4n) is 2.03. The molecule has 0 radical (unpaired) electrons. The lowest BCUT2D eigenvalue weighted by atomic mass is 10.1. The third kappa shape index (κ3) is 4.30. The highest BCUT2D eigenvalue weighted by molar-refractivity contribution is 5.28. The van der Waals surface area contributed by atoms with Gasteiger partial charge in [-0.2, -0.15) is 5.26 Å². The maximum Gasteiger partial charge on any atom is 0.174 e. The highest BCUT2D eigenvalue weighted by atomic mass is 19.1. The van der Waals surface area contributed by atoms with Crippen molar-refractivity contribution in [2.24, 2.45) is 0 Å². The predicted octanol–water partition coefficient (Wildman–Crippen LogP) is 3.58. The molecule has 0 saturated carbocycles. The minimum atomic E-state index is -0.197. The number of benzene rings is 2. The van der Waals surface area contributed by atoms with Gasteiger partial charge < -0.3 is 10.1 Å². The summed E-state index contributed by atoms with van der Waals surface area (Å²) in [6.07, 6.45) is 0. The van der Waals surface area contributed by atoms with Gasteiger partial charge in [0.25, 0.3) is 0 Å². The van der Waals surface area contributed by atoms with Gasteiger partial charge in [-0.15, -0.1) is 0 Å². The van der Waals surface area contributed by atoms with Gasteiger partial charge in [0, 0.05) is 18.2 Å². The van der Waals surface area contributed by atoms with Gasteiger partial charge in [-0.3, -0.25) is 0 Å². The van der Waals surface area contributed by atoms with Crippen LogP contribution in [0, 0.1) is 17.1 Å². The van der Waals surface area contributed by atoms with Crippen molar-refractivity contribution >= 4 is 0 Å². The second-order valence-electron chi connectivity index (χ2n) is 4.71. The molecular formula is C17H17FN2O. The largest absolute Gasteiger partial charge is 0.479 e. The molecule has 0 aliphatic heterocycles. The molecule has 2 aromatic carbocycles. The number of halogens is 1. The zero-order valence-corrected chi connectivity index (χ0v) is 11.8. The second-order valence-corrected chi connectivity index (χ2v) is 4.71. The van der Waals surface area contributed by atoms with Gasteiger partial charge in [0.2, 0.25) is 0 Å². The first-order chi connectivity index (χ1) is 10.2. The Morgan fingerprint density at radius 3 is 2.57 bits per heavy atom. The van der Waals surface area contributed by atoms with E-state index in [-0.39, 0.29) is 18.5 Å². The Balaban J connectivity index is 1.91. The van der Waals surface area contributed by atoms with Crippen molar-refractivity contribution in [3.8, 4) is 11.8 Å². The highest BCUT2D eigenvalue weighted by Crippen LogP contribution is 2.17. The van der Waals surface area contributed by atoms with Crippen molar-refractivity contribution in [2.75, 3.05) is 6.61 Å². The summed E-state index contributed by atoms with van der Waals surface area (Å²) in [4.78, 5) is 0. The summed E-state index contributed by atoms with van der Waals surface area (Å²) in [6, 6.07) is 16.1. The van der Waals surface area contributed by atoms with Crippen LogP contribution in [0.1, 0.15) is 24.1 Å². The van der Waals surface area contributed by atoms with Gasteiger partial charge in [-0.05, 0) is 30.7 Å². The van der Waals surface area contributed by atoms with E-state index in [9.17, 15) is 4.39 Å². The molecule has 2 aromatic rings. The van der Waals surface area contributed by atoms with Crippen molar-refractivity contribution in [2.45, 2.75) is 19.5 Å². The van der Waals surface area contributed by atoms with Crippen LogP contribution in [0.2, 0.25) is 0 Å².